The molecule has 1 aromatic heterocycles. The highest BCUT2D eigenvalue weighted by atomic mass is 16.5. The van der Waals surface area contributed by atoms with Gasteiger partial charge in [0.05, 0.1) is 7.11 Å². The highest BCUT2D eigenvalue weighted by Gasteiger charge is 2.18. The molecule has 1 heterocycles. The molecular formula is C17H17NO2. The molecule has 0 aliphatic heterocycles. The van der Waals surface area contributed by atoms with Crippen molar-refractivity contribution in [1.29, 1.82) is 0 Å². The maximum absolute atomic E-state index is 10.7. The summed E-state index contributed by atoms with van der Waals surface area (Å²) in [6, 6.07) is 15.5. The molecule has 102 valence electrons. The third-order valence-corrected chi connectivity index (χ3v) is 3.65. The van der Waals surface area contributed by atoms with E-state index in [1.165, 1.54) is 0 Å². The van der Waals surface area contributed by atoms with Crippen molar-refractivity contribution in [1.82, 2.24) is 4.98 Å². The summed E-state index contributed by atoms with van der Waals surface area (Å²) in [7, 11) is 1.63. The molecule has 0 saturated carbocycles. The van der Waals surface area contributed by atoms with Gasteiger partial charge in [-0.05, 0) is 30.7 Å². The van der Waals surface area contributed by atoms with E-state index in [4.69, 9.17) is 4.74 Å². The molecule has 0 saturated heterocycles. The van der Waals surface area contributed by atoms with Gasteiger partial charge in [0.25, 0.3) is 0 Å². The number of rotatable bonds is 3. The lowest BCUT2D eigenvalue weighted by atomic mass is 9.99. The van der Waals surface area contributed by atoms with Crippen LogP contribution in [0.4, 0.5) is 0 Å². The zero-order chi connectivity index (χ0) is 14.1. The molecule has 3 heteroatoms. The smallest absolute Gasteiger partial charge is 0.118 e. The van der Waals surface area contributed by atoms with Crippen LogP contribution in [0.15, 0.2) is 48.5 Å². The molecular weight excluding hydrogens is 250 g/mol. The van der Waals surface area contributed by atoms with Crippen LogP contribution in [0.5, 0.6) is 5.75 Å². The van der Waals surface area contributed by atoms with Crippen molar-refractivity contribution in [2.75, 3.05) is 7.11 Å². The molecule has 0 aliphatic carbocycles. The fourth-order valence-corrected chi connectivity index (χ4v) is 2.60. The van der Waals surface area contributed by atoms with Gasteiger partial charge in [-0.2, -0.15) is 0 Å². The van der Waals surface area contributed by atoms with Crippen LogP contribution in [0.1, 0.15) is 22.9 Å². The second-order valence-electron chi connectivity index (χ2n) is 4.88. The van der Waals surface area contributed by atoms with Crippen LogP contribution in [0.2, 0.25) is 0 Å². The normalized spacial score (nSPS) is 12.6. The van der Waals surface area contributed by atoms with E-state index in [0.717, 1.165) is 33.5 Å². The number of hydrogen-bond acceptors (Lipinski definition) is 2. The van der Waals surface area contributed by atoms with Crippen LogP contribution in [-0.2, 0) is 0 Å². The number of aryl methyl sites for hydroxylation is 1. The molecule has 0 spiro atoms. The highest BCUT2D eigenvalue weighted by Crippen LogP contribution is 2.32. The summed E-state index contributed by atoms with van der Waals surface area (Å²) in [4.78, 5) is 3.32. The van der Waals surface area contributed by atoms with Gasteiger partial charge >= 0.3 is 0 Å². The molecule has 0 aliphatic rings. The van der Waals surface area contributed by atoms with Crippen LogP contribution in [-0.4, -0.2) is 17.2 Å². The molecule has 2 aromatic carbocycles. The van der Waals surface area contributed by atoms with E-state index < -0.39 is 6.10 Å². The van der Waals surface area contributed by atoms with E-state index in [2.05, 4.69) is 4.98 Å². The Bertz CT molecular complexity index is 728. The first-order chi connectivity index (χ1) is 9.70. The number of aliphatic hydroxyl groups is 1. The first kappa shape index (κ1) is 12.8. The molecule has 0 radical (unpaired) electrons. The zero-order valence-electron chi connectivity index (χ0n) is 11.6. The zero-order valence-corrected chi connectivity index (χ0v) is 11.6. The lowest BCUT2D eigenvalue weighted by Crippen LogP contribution is -2.00. The SMILES string of the molecule is COc1ccc(C(O)c2c(C)[nH]c3ccccc23)cc1. The number of fused-ring (bicyclic) bond motifs is 1. The molecule has 0 bridgehead atoms. The summed E-state index contributed by atoms with van der Waals surface area (Å²) in [6.45, 7) is 1.99. The molecule has 20 heavy (non-hydrogen) atoms. The number of methoxy groups -OCH3 is 1. The number of ether oxygens (including phenoxy) is 1. The Morgan fingerprint density at radius 3 is 2.45 bits per heavy atom. The van der Waals surface area contributed by atoms with Gasteiger partial charge in [0.1, 0.15) is 11.9 Å². The number of nitrogens with one attached hydrogen (secondary N) is 1. The largest absolute Gasteiger partial charge is 0.497 e. The van der Waals surface area contributed by atoms with Crippen molar-refractivity contribution in [3.8, 4) is 5.75 Å². The van der Waals surface area contributed by atoms with Crippen molar-refractivity contribution in [3.05, 3.63) is 65.4 Å². The topological polar surface area (TPSA) is 45.2 Å². The second kappa shape index (κ2) is 5.02. The van der Waals surface area contributed by atoms with E-state index >= 15 is 0 Å². The van der Waals surface area contributed by atoms with Gasteiger partial charge in [0, 0.05) is 22.2 Å². The first-order valence-corrected chi connectivity index (χ1v) is 6.60. The van der Waals surface area contributed by atoms with Crippen LogP contribution in [0, 0.1) is 6.92 Å². The fourth-order valence-electron chi connectivity index (χ4n) is 2.60. The van der Waals surface area contributed by atoms with E-state index in [9.17, 15) is 5.11 Å². The highest BCUT2D eigenvalue weighted by molar-refractivity contribution is 5.85. The second-order valence-corrected chi connectivity index (χ2v) is 4.88. The summed E-state index contributed by atoms with van der Waals surface area (Å²) in [5.41, 5.74) is 3.84. The molecule has 1 unspecified atom stereocenters. The number of H-pyrrole nitrogens is 1. The fraction of sp³-hybridized carbons (Fsp3) is 0.176. The standard InChI is InChI=1S/C17H17NO2/c1-11-16(14-5-3-4-6-15(14)18-11)17(19)12-7-9-13(20-2)10-8-12/h3-10,17-19H,1-2H3. The van der Waals surface area contributed by atoms with Gasteiger partial charge in [-0.15, -0.1) is 0 Å². The maximum atomic E-state index is 10.7. The molecule has 3 nitrogen and oxygen atoms in total. The summed E-state index contributed by atoms with van der Waals surface area (Å²) in [6.07, 6.45) is -0.642. The molecule has 2 N–H and O–H groups in total. The van der Waals surface area contributed by atoms with Crippen molar-refractivity contribution in [2.45, 2.75) is 13.0 Å². The minimum Gasteiger partial charge on any atom is -0.497 e. The summed E-state index contributed by atoms with van der Waals surface area (Å²) >= 11 is 0. The molecule has 3 rings (SSSR count). The van der Waals surface area contributed by atoms with E-state index in [0.29, 0.717) is 0 Å². The minimum absolute atomic E-state index is 0.642. The van der Waals surface area contributed by atoms with Gasteiger partial charge in [-0.25, -0.2) is 0 Å². The Hall–Kier alpha value is -2.26. The molecule has 0 amide bonds. The quantitative estimate of drug-likeness (QED) is 0.762. The summed E-state index contributed by atoms with van der Waals surface area (Å²) in [5.74, 6) is 0.789. The maximum Gasteiger partial charge on any atom is 0.118 e. The van der Waals surface area contributed by atoms with Gasteiger partial charge in [0.2, 0.25) is 0 Å². The Morgan fingerprint density at radius 2 is 1.75 bits per heavy atom. The Morgan fingerprint density at radius 1 is 1.05 bits per heavy atom. The minimum atomic E-state index is -0.642. The van der Waals surface area contributed by atoms with Gasteiger partial charge < -0.3 is 14.8 Å². The average molecular weight is 267 g/mol. The first-order valence-electron chi connectivity index (χ1n) is 6.60. The third kappa shape index (κ3) is 2.06. The van der Waals surface area contributed by atoms with Crippen LogP contribution in [0.3, 0.4) is 0 Å². The molecule has 3 aromatic rings. The number of aromatic amines is 1. The lowest BCUT2D eigenvalue weighted by Gasteiger charge is -2.12. The number of benzene rings is 2. The third-order valence-electron chi connectivity index (χ3n) is 3.65. The van der Waals surface area contributed by atoms with Gasteiger partial charge in [0.15, 0.2) is 0 Å². The van der Waals surface area contributed by atoms with Crippen LogP contribution in [0.25, 0.3) is 10.9 Å². The lowest BCUT2D eigenvalue weighted by molar-refractivity contribution is 0.221. The van der Waals surface area contributed by atoms with Gasteiger partial charge in [-0.3, -0.25) is 0 Å². The monoisotopic (exact) mass is 267 g/mol. The van der Waals surface area contributed by atoms with Crippen molar-refractivity contribution < 1.29 is 9.84 Å². The van der Waals surface area contributed by atoms with Crippen molar-refractivity contribution in [2.24, 2.45) is 0 Å². The Balaban J connectivity index is 2.07. The molecule has 1 atom stereocenters. The number of aliphatic hydroxyl groups excluding tert-OH is 1. The number of hydrogen-bond donors (Lipinski definition) is 2. The van der Waals surface area contributed by atoms with Crippen LogP contribution >= 0.6 is 0 Å². The van der Waals surface area contributed by atoms with E-state index in [-0.39, 0.29) is 0 Å². The Labute approximate surface area is 117 Å². The summed E-state index contributed by atoms with van der Waals surface area (Å²) < 4.78 is 5.15. The van der Waals surface area contributed by atoms with E-state index in [1.54, 1.807) is 7.11 Å². The van der Waals surface area contributed by atoms with Crippen molar-refractivity contribution >= 4 is 10.9 Å². The van der Waals surface area contributed by atoms with Crippen LogP contribution < -0.4 is 4.74 Å². The number of para-hydroxylation sites is 1. The summed E-state index contributed by atoms with van der Waals surface area (Å²) in [5, 5.41) is 11.7. The predicted molar refractivity (Wildman–Crippen MR) is 80.1 cm³/mol. The van der Waals surface area contributed by atoms with Crippen molar-refractivity contribution in [3.63, 3.8) is 0 Å². The predicted octanol–water partition coefficient (Wildman–Crippen LogP) is 3.57. The Kier molecular flexibility index (Phi) is 3.20. The van der Waals surface area contributed by atoms with Gasteiger partial charge in [-0.1, -0.05) is 30.3 Å². The average Bonchev–Trinajstić information content (AvgIpc) is 2.82. The number of aromatic nitrogens is 1. The van der Waals surface area contributed by atoms with E-state index in [1.807, 2.05) is 55.5 Å². The molecule has 0 fully saturated rings.